The molecule has 0 unspecified atom stereocenters. The highest BCUT2D eigenvalue weighted by atomic mass is 16.5. The van der Waals surface area contributed by atoms with E-state index in [1.54, 1.807) is 4.90 Å². The van der Waals surface area contributed by atoms with Gasteiger partial charge in [0.15, 0.2) is 0 Å². The monoisotopic (exact) mass is 407 g/mol. The van der Waals surface area contributed by atoms with E-state index < -0.39 is 0 Å². The molecule has 0 aromatic heterocycles. The molecule has 2 amide bonds. The third-order valence-electron chi connectivity index (χ3n) is 5.71. The Kier molecular flexibility index (Phi) is 5.93. The molecule has 0 aliphatic carbocycles. The van der Waals surface area contributed by atoms with E-state index in [0.717, 1.165) is 24.5 Å². The molecular formula is C24H29N3O3. The Morgan fingerprint density at radius 3 is 2.23 bits per heavy atom. The Morgan fingerprint density at radius 2 is 1.60 bits per heavy atom. The molecule has 2 aromatic rings. The molecule has 0 spiro atoms. The molecule has 0 bridgehead atoms. The van der Waals surface area contributed by atoms with Gasteiger partial charge in [0, 0.05) is 50.5 Å². The van der Waals surface area contributed by atoms with Crippen molar-refractivity contribution in [3.05, 3.63) is 54.6 Å². The van der Waals surface area contributed by atoms with E-state index >= 15 is 0 Å². The summed E-state index contributed by atoms with van der Waals surface area (Å²) in [6, 6.07) is 17.8. The van der Waals surface area contributed by atoms with E-state index in [1.807, 2.05) is 61.2 Å². The van der Waals surface area contributed by atoms with Crippen LogP contribution in [0.2, 0.25) is 0 Å². The fraction of sp³-hybridized carbons (Fsp3) is 0.417. The predicted octanol–water partition coefficient (Wildman–Crippen LogP) is 3.18. The SMILES string of the molecule is CC(C)Oc1ccc(N2C[C@@H](C(=O)N3CCN(c4ccccc4)CC3)CC2=O)cc1. The maximum Gasteiger partial charge on any atom is 0.228 e. The van der Waals surface area contributed by atoms with Crippen molar-refractivity contribution in [2.75, 3.05) is 42.5 Å². The fourth-order valence-electron chi connectivity index (χ4n) is 4.18. The topological polar surface area (TPSA) is 53.1 Å². The molecule has 158 valence electrons. The second-order valence-electron chi connectivity index (χ2n) is 8.21. The molecule has 4 rings (SSSR count). The van der Waals surface area contributed by atoms with Gasteiger partial charge in [-0.1, -0.05) is 18.2 Å². The number of amides is 2. The zero-order valence-corrected chi connectivity index (χ0v) is 17.7. The summed E-state index contributed by atoms with van der Waals surface area (Å²) in [5, 5.41) is 0. The summed E-state index contributed by atoms with van der Waals surface area (Å²) in [5.74, 6) is 0.615. The van der Waals surface area contributed by atoms with Crippen molar-refractivity contribution in [2.24, 2.45) is 5.92 Å². The summed E-state index contributed by atoms with van der Waals surface area (Å²) in [5.41, 5.74) is 2.01. The van der Waals surface area contributed by atoms with Gasteiger partial charge in [-0.05, 0) is 50.2 Å². The van der Waals surface area contributed by atoms with Crippen LogP contribution in [0.1, 0.15) is 20.3 Å². The number of hydrogen-bond acceptors (Lipinski definition) is 4. The van der Waals surface area contributed by atoms with E-state index in [2.05, 4.69) is 17.0 Å². The highest BCUT2D eigenvalue weighted by molar-refractivity contribution is 6.00. The van der Waals surface area contributed by atoms with E-state index in [0.29, 0.717) is 19.6 Å². The number of carbonyl (C=O) groups is 2. The largest absolute Gasteiger partial charge is 0.491 e. The van der Waals surface area contributed by atoms with Gasteiger partial charge in [-0.25, -0.2) is 0 Å². The summed E-state index contributed by atoms with van der Waals surface area (Å²) in [7, 11) is 0. The molecule has 1 atom stereocenters. The lowest BCUT2D eigenvalue weighted by Crippen LogP contribution is -2.50. The minimum atomic E-state index is -0.271. The minimum Gasteiger partial charge on any atom is -0.491 e. The van der Waals surface area contributed by atoms with E-state index in [4.69, 9.17) is 4.74 Å². The molecule has 2 saturated heterocycles. The molecule has 0 saturated carbocycles. The van der Waals surface area contributed by atoms with Gasteiger partial charge < -0.3 is 19.4 Å². The van der Waals surface area contributed by atoms with Crippen molar-refractivity contribution in [1.82, 2.24) is 4.90 Å². The van der Waals surface area contributed by atoms with Gasteiger partial charge in [-0.15, -0.1) is 0 Å². The molecular weight excluding hydrogens is 378 g/mol. The number of piperazine rings is 1. The van der Waals surface area contributed by atoms with Crippen LogP contribution in [0.15, 0.2) is 54.6 Å². The number of hydrogen-bond donors (Lipinski definition) is 0. The lowest BCUT2D eigenvalue weighted by atomic mass is 10.1. The van der Waals surface area contributed by atoms with Crippen LogP contribution in [0, 0.1) is 5.92 Å². The second kappa shape index (κ2) is 8.78. The summed E-state index contributed by atoms with van der Waals surface area (Å²) in [6.07, 6.45) is 0.385. The van der Waals surface area contributed by atoms with Crippen molar-refractivity contribution in [1.29, 1.82) is 0 Å². The average Bonchev–Trinajstić information content (AvgIpc) is 3.16. The Balaban J connectivity index is 1.34. The quantitative estimate of drug-likeness (QED) is 0.764. The average molecular weight is 408 g/mol. The van der Waals surface area contributed by atoms with Gasteiger partial charge in [0.2, 0.25) is 11.8 Å². The first-order valence-corrected chi connectivity index (χ1v) is 10.7. The Hall–Kier alpha value is -3.02. The van der Waals surface area contributed by atoms with E-state index in [-0.39, 0.29) is 30.3 Å². The number of anilines is 2. The molecule has 2 aliphatic rings. The minimum absolute atomic E-state index is 0.00815. The second-order valence-corrected chi connectivity index (χ2v) is 8.21. The van der Waals surface area contributed by atoms with Crippen LogP contribution in [0.4, 0.5) is 11.4 Å². The van der Waals surface area contributed by atoms with Crippen LogP contribution in [-0.4, -0.2) is 55.5 Å². The molecule has 0 radical (unpaired) electrons. The van der Waals surface area contributed by atoms with Gasteiger partial charge in [0.25, 0.3) is 0 Å². The van der Waals surface area contributed by atoms with E-state index in [1.165, 1.54) is 5.69 Å². The van der Waals surface area contributed by atoms with Crippen molar-refractivity contribution in [3.8, 4) is 5.75 Å². The standard InChI is InChI=1S/C24H29N3O3/c1-18(2)30-22-10-8-21(9-11-22)27-17-19(16-23(27)28)24(29)26-14-12-25(13-15-26)20-6-4-3-5-7-20/h3-11,18-19H,12-17H2,1-2H3/t19-/m0/s1. The van der Waals surface area contributed by atoms with Crippen LogP contribution >= 0.6 is 0 Å². The molecule has 2 fully saturated rings. The molecule has 2 aliphatic heterocycles. The number of nitrogens with zero attached hydrogens (tertiary/aromatic N) is 3. The zero-order valence-electron chi connectivity index (χ0n) is 17.7. The summed E-state index contributed by atoms with van der Waals surface area (Å²) < 4.78 is 5.67. The Bertz CT molecular complexity index is 874. The normalized spacial score (nSPS) is 19.5. The molecule has 0 N–H and O–H groups in total. The van der Waals surface area contributed by atoms with Gasteiger partial charge in [0.05, 0.1) is 12.0 Å². The Labute approximate surface area is 178 Å². The molecule has 2 heterocycles. The van der Waals surface area contributed by atoms with Gasteiger partial charge >= 0.3 is 0 Å². The Morgan fingerprint density at radius 1 is 0.933 bits per heavy atom. The first-order valence-electron chi connectivity index (χ1n) is 10.7. The first kappa shape index (κ1) is 20.3. The summed E-state index contributed by atoms with van der Waals surface area (Å²) in [6.45, 7) is 7.43. The summed E-state index contributed by atoms with van der Waals surface area (Å²) >= 11 is 0. The fourth-order valence-corrected chi connectivity index (χ4v) is 4.18. The van der Waals surface area contributed by atoms with E-state index in [9.17, 15) is 9.59 Å². The molecule has 2 aromatic carbocycles. The molecule has 6 heteroatoms. The van der Waals surface area contributed by atoms with Gasteiger partial charge in [-0.3, -0.25) is 9.59 Å². The number of ether oxygens (including phenoxy) is 1. The highest BCUT2D eigenvalue weighted by Gasteiger charge is 2.38. The number of carbonyl (C=O) groups excluding carboxylic acids is 2. The van der Waals surface area contributed by atoms with Crippen LogP contribution in [0.25, 0.3) is 0 Å². The summed E-state index contributed by atoms with van der Waals surface area (Å²) in [4.78, 5) is 31.6. The van der Waals surface area contributed by atoms with Crippen LogP contribution in [-0.2, 0) is 9.59 Å². The first-order chi connectivity index (χ1) is 14.5. The van der Waals surface area contributed by atoms with Gasteiger partial charge in [-0.2, -0.15) is 0 Å². The maximum atomic E-state index is 13.0. The van der Waals surface area contributed by atoms with Crippen LogP contribution in [0.3, 0.4) is 0 Å². The lowest BCUT2D eigenvalue weighted by molar-refractivity contribution is -0.136. The van der Waals surface area contributed by atoms with Gasteiger partial charge in [0.1, 0.15) is 5.75 Å². The predicted molar refractivity (Wildman–Crippen MR) is 118 cm³/mol. The van der Waals surface area contributed by atoms with Crippen molar-refractivity contribution in [3.63, 3.8) is 0 Å². The molecule has 6 nitrogen and oxygen atoms in total. The number of rotatable bonds is 5. The lowest BCUT2D eigenvalue weighted by Gasteiger charge is -2.37. The third-order valence-corrected chi connectivity index (χ3v) is 5.71. The third kappa shape index (κ3) is 4.42. The van der Waals surface area contributed by atoms with Crippen molar-refractivity contribution in [2.45, 2.75) is 26.4 Å². The van der Waals surface area contributed by atoms with Crippen molar-refractivity contribution < 1.29 is 14.3 Å². The number of para-hydroxylation sites is 1. The van der Waals surface area contributed by atoms with Crippen LogP contribution in [0.5, 0.6) is 5.75 Å². The number of benzene rings is 2. The molecule has 30 heavy (non-hydrogen) atoms. The highest BCUT2D eigenvalue weighted by Crippen LogP contribution is 2.28. The van der Waals surface area contributed by atoms with Crippen molar-refractivity contribution >= 4 is 23.2 Å². The smallest absolute Gasteiger partial charge is 0.228 e. The van der Waals surface area contributed by atoms with Crippen LogP contribution < -0.4 is 14.5 Å². The maximum absolute atomic E-state index is 13.0. The zero-order chi connectivity index (χ0) is 21.1.